The molecule has 0 aliphatic rings. The molecule has 0 aliphatic carbocycles. The van der Waals surface area contributed by atoms with Crippen LogP contribution in [0.1, 0.15) is 11.4 Å². The minimum absolute atomic E-state index is 0.0998. The van der Waals surface area contributed by atoms with E-state index in [9.17, 15) is 10.1 Å². The Hall–Kier alpha value is -2.68. The predicted octanol–water partition coefficient (Wildman–Crippen LogP) is 2.92. The molecule has 21 heavy (non-hydrogen) atoms. The molecular weight excluding hydrogens is 292 g/mol. The lowest BCUT2D eigenvalue weighted by molar-refractivity contribution is -0.384. The summed E-state index contributed by atoms with van der Waals surface area (Å²) >= 11 is 4.87. The van der Waals surface area contributed by atoms with Crippen molar-refractivity contribution in [2.24, 2.45) is 16.0 Å². The first-order chi connectivity index (χ1) is 9.91. The summed E-state index contributed by atoms with van der Waals surface area (Å²) in [7, 11) is 0. The first-order valence-corrected chi connectivity index (χ1v) is 6.34. The molecule has 1 aromatic carbocycles. The van der Waals surface area contributed by atoms with E-state index in [2.05, 4.69) is 15.3 Å². The second-order valence-electron chi connectivity index (χ2n) is 4.22. The van der Waals surface area contributed by atoms with Crippen LogP contribution >= 0.6 is 12.2 Å². The van der Waals surface area contributed by atoms with Gasteiger partial charge in [-0.05, 0) is 32.1 Å². The first-order valence-electron chi connectivity index (χ1n) is 5.93. The maximum absolute atomic E-state index is 10.9. The van der Waals surface area contributed by atoms with Gasteiger partial charge in [-0.25, -0.2) is 4.68 Å². The molecule has 2 rings (SSSR count). The third-order valence-corrected chi connectivity index (χ3v) is 2.97. The zero-order valence-electron chi connectivity index (χ0n) is 11.3. The van der Waals surface area contributed by atoms with E-state index in [-0.39, 0.29) is 16.5 Å². The monoisotopic (exact) mass is 304 g/mol. The molecule has 0 aliphatic heterocycles. The quantitative estimate of drug-likeness (QED) is 0.405. The largest absolute Gasteiger partial charge is 0.374 e. The Balaban J connectivity index is 2.44. The molecule has 108 valence electrons. The van der Waals surface area contributed by atoms with Crippen molar-refractivity contribution >= 4 is 34.4 Å². The first kappa shape index (κ1) is 14.7. The Morgan fingerprint density at radius 1 is 1.38 bits per heavy atom. The van der Waals surface area contributed by atoms with Crippen LogP contribution < -0.4 is 5.73 Å². The molecule has 0 amide bonds. The fourth-order valence-electron chi connectivity index (χ4n) is 1.80. The minimum atomic E-state index is -0.507. The van der Waals surface area contributed by atoms with Crippen LogP contribution in [0.15, 0.2) is 34.5 Å². The molecule has 0 atom stereocenters. The highest BCUT2D eigenvalue weighted by Gasteiger charge is 2.15. The van der Waals surface area contributed by atoms with Crippen LogP contribution in [0.4, 0.5) is 17.1 Å². The van der Waals surface area contributed by atoms with Crippen molar-refractivity contribution in [3.05, 3.63) is 45.8 Å². The lowest BCUT2D eigenvalue weighted by Crippen LogP contribution is -2.21. The molecule has 0 spiro atoms. The third-order valence-electron chi connectivity index (χ3n) is 2.80. The van der Waals surface area contributed by atoms with Gasteiger partial charge < -0.3 is 5.73 Å². The number of nitro benzene ring substituents is 1. The molecule has 9 heteroatoms. The molecule has 0 bridgehead atoms. The van der Waals surface area contributed by atoms with Crippen molar-refractivity contribution in [2.45, 2.75) is 13.8 Å². The number of benzene rings is 1. The second-order valence-corrected chi connectivity index (χ2v) is 4.63. The van der Waals surface area contributed by atoms with Crippen LogP contribution in [0.25, 0.3) is 0 Å². The summed E-state index contributed by atoms with van der Waals surface area (Å²) in [5, 5.41) is 23.1. The summed E-state index contributed by atoms with van der Waals surface area (Å²) in [4.78, 5) is 10.4. The summed E-state index contributed by atoms with van der Waals surface area (Å²) in [6.07, 6.45) is 0. The molecular formula is C12H12N6O2S. The number of nitrogens with zero attached hydrogens (tertiary/aromatic N) is 5. The summed E-state index contributed by atoms with van der Waals surface area (Å²) in [5.74, 6) is 0. The molecule has 0 unspecified atom stereocenters. The van der Waals surface area contributed by atoms with Gasteiger partial charge in [0.1, 0.15) is 5.69 Å². The standard InChI is InChI=1S/C12H12N6O2S/c1-7-11(8(2)17(16-7)12(13)21)15-14-9-5-3-4-6-10(9)18(19)20/h3-6H,1-2H3,(H2,13,21). The second kappa shape index (κ2) is 5.75. The topological polar surface area (TPSA) is 112 Å². The van der Waals surface area contributed by atoms with E-state index < -0.39 is 4.92 Å². The van der Waals surface area contributed by atoms with E-state index in [1.165, 1.54) is 16.8 Å². The summed E-state index contributed by atoms with van der Waals surface area (Å²) in [6.45, 7) is 3.47. The van der Waals surface area contributed by atoms with Crippen LogP contribution in [-0.2, 0) is 0 Å². The van der Waals surface area contributed by atoms with Gasteiger partial charge in [-0.15, -0.1) is 10.2 Å². The Bertz CT molecular complexity index is 752. The number of hydrogen-bond donors (Lipinski definition) is 1. The molecule has 2 N–H and O–H groups in total. The smallest absolute Gasteiger partial charge is 0.296 e. The Kier molecular flexibility index (Phi) is 4.03. The predicted molar refractivity (Wildman–Crippen MR) is 81.2 cm³/mol. The molecule has 2 aromatic rings. The highest BCUT2D eigenvalue weighted by Crippen LogP contribution is 2.30. The van der Waals surface area contributed by atoms with Crippen LogP contribution in [-0.4, -0.2) is 19.8 Å². The third kappa shape index (κ3) is 2.92. The average Bonchev–Trinajstić information content (AvgIpc) is 2.72. The highest BCUT2D eigenvalue weighted by molar-refractivity contribution is 7.80. The Morgan fingerprint density at radius 3 is 2.62 bits per heavy atom. The van der Waals surface area contributed by atoms with Gasteiger partial charge in [0.15, 0.2) is 10.8 Å². The van der Waals surface area contributed by atoms with Crippen LogP contribution in [0.5, 0.6) is 0 Å². The Labute approximate surface area is 125 Å². The van der Waals surface area contributed by atoms with E-state index >= 15 is 0 Å². The number of para-hydroxylation sites is 1. The van der Waals surface area contributed by atoms with Crippen LogP contribution in [0, 0.1) is 24.0 Å². The number of thiocarbonyl (C=S) groups is 1. The maximum atomic E-state index is 10.9. The van der Waals surface area contributed by atoms with Crippen LogP contribution in [0.3, 0.4) is 0 Å². The zero-order valence-corrected chi connectivity index (χ0v) is 12.2. The van der Waals surface area contributed by atoms with Crippen molar-refractivity contribution in [3.8, 4) is 0 Å². The number of rotatable bonds is 3. The fraction of sp³-hybridized carbons (Fsp3) is 0.167. The van der Waals surface area contributed by atoms with Gasteiger partial charge in [-0.3, -0.25) is 10.1 Å². The van der Waals surface area contributed by atoms with Gasteiger partial charge in [-0.1, -0.05) is 12.1 Å². The number of aryl methyl sites for hydroxylation is 1. The van der Waals surface area contributed by atoms with Crippen molar-refractivity contribution in [1.82, 2.24) is 9.78 Å². The van der Waals surface area contributed by atoms with Gasteiger partial charge in [0, 0.05) is 6.07 Å². The fourth-order valence-corrected chi connectivity index (χ4v) is 1.98. The average molecular weight is 304 g/mol. The van der Waals surface area contributed by atoms with Gasteiger partial charge in [0.2, 0.25) is 0 Å². The SMILES string of the molecule is Cc1nn(C(N)=S)c(C)c1N=Nc1ccccc1[N+](=O)[O-]. The van der Waals surface area contributed by atoms with Gasteiger partial charge in [0.05, 0.1) is 16.3 Å². The van der Waals surface area contributed by atoms with Crippen molar-refractivity contribution in [1.29, 1.82) is 0 Å². The number of hydrogen-bond acceptors (Lipinski definition) is 6. The zero-order chi connectivity index (χ0) is 15.6. The van der Waals surface area contributed by atoms with Crippen molar-refractivity contribution < 1.29 is 4.92 Å². The normalized spacial score (nSPS) is 11.0. The minimum Gasteiger partial charge on any atom is -0.374 e. The molecule has 1 aromatic heterocycles. The van der Waals surface area contributed by atoms with E-state index in [0.29, 0.717) is 17.1 Å². The number of nitrogens with two attached hydrogens (primary N) is 1. The number of aromatic nitrogens is 2. The Morgan fingerprint density at radius 2 is 2.05 bits per heavy atom. The molecule has 0 saturated carbocycles. The van der Waals surface area contributed by atoms with Gasteiger partial charge in [0.25, 0.3) is 5.69 Å². The van der Waals surface area contributed by atoms with E-state index in [0.717, 1.165) is 0 Å². The molecule has 1 heterocycles. The number of nitro groups is 1. The maximum Gasteiger partial charge on any atom is 0.296 e. The summed E-state index contributed by atoms with van der Waals surface area (Å²) in [6, 6.07) is 6.11. The summed E-state index contributed by atoms with van der Waals surface area (Å²) < 4.78 is 1.37. The van der Waals surface area contributed by atoms with Crippen molar-refractivity contribution in [2.75, 3.05) is 0 Å². The lowest BCUT2D eigenvalue weighted by Gasteiger charge is -1.99. The number of azo groups is 1. The molecule has 8 nitrogen and oxygen atoms in total. The molecule has 0 radical (unpaired) electrons. The van der Waals surface area contributed by atoms with Gasteiger partial charge >= 0.3 is 0 Å². The van der Waals surface area contributed by atoms with E-state index in [1.54, 1.807) is 26.0 Å². The van der Waals surface area contributed by atoms with E-state index in [1.807, 2.05) is 0 Å². The molecule has 0 fully saturated rings. The van der Waals surface area contributed by atoms with Gasteiger partial charge in [-0.2, -0.15) is 5.10 Å². The van der Waals surface area contributed by atoms with Crippen LogP contribution in [0.2, 0.25) is 0 Å². The van der Waals surface area contributed by atoms with Crippen molar-refractivity contribution in [3.63, 3.8) is 0 Å². The summed E-state index contributed by atoms with van der Waals surface area (Å²) in [5.41, 5.74) is 7.30. The molecule has 0 saturated heterocycles. The highest BCUT2D eigenvalue weighted by atomic mass is 32.1. The lowest BCUT2D eigenvalue weighted by atomic mass is 10.3. The van der Waals surface area contributed by atoms with E-state index in [4.69, 9.17) is 18.0 Å².